The monoisotopic (exact) mass is 486 g/mol. The van der Waals surface area contributed by atoms with E-state index in [1.807, 2.05) is 61.5 Å². The normalized spacial score (nSPS) is 25.0. The molecule has 4 heterocycles. The largest absolute Gasteiger partial charge is 0.497 e. The highest BCUT2D eigenvalue weighted by molar-refractivity contribution is 6.08. The number of aromatic nitrogens is 3. The van der Waals surface area contributed by atoms with E-state index in [0.29, 0.717) is 18.8 Å². The van der Waals surface area contributed by atoms with E-state index in [4.69, 9.17) is 4.74 Å². The molecular formula is C27H30N6O3. The molecule has 1 aromatic carbocycles. The maximum atomic E-state index is 13.9. The molecule has 1 unspecified atom stereocenters. The average Bonchev–Trinajstić information content (AvgIpc) is 3.52. The van der Waals surface area contributed by atoms with Crippen LogP contribution in [0.5, 0.6) is 5.75 Å². The van der Waals surface area contributed by atoms with Crippen LogP contribution < -0.4 is 10.1 Å². The van der Waals surface area contributed by atoms with Gasteiger partial charge >= 0.3 is 6.03 Å². The third-order valence-corrected chi connectivity index (χ3v) is 7.69. The van der Waals surface area contributed by atoms with Crippen molar-refractivity contribution in [3.63, 3.8) is 0 Å². The van der Waals surface area contributed by atoms with E-state index in [1.54, 1.807) is 11.8 Å². The number of fused-ring (bicyclic) bond motifs is 4. The average molecular weight is 487 g/mol. The van der Waals surface area contributed by atoms with Gasteiger partial charge in [-0.2, -0.15) is 5.10 Å². The number of anilines is 1. The molecule has 1 saturated heterocycles. The number of carbonyl (C=O) groups is 2. The number of aryl methyl sites for hydroxylation is 1. The number of H-pyrrole nitrogens is 1. The summed E-state index contributed by atoms with van der Waals surface area (Å²) in [5.74, 6) is 1.39. The Hall–Kier alpha value is -4.01. The van der Waals surface area contributed by atoms with Crippen molar-refractivity contribution in [1.82, 2.24) is 24.6 Å². The summed E-state index contributed by atoms with van der Waals surface area (Å²) in [6.45, 7) is 2.62. The molecule has 0 spiro atoms. The van der Waals surface area contributed by atoms with Crippen LogP contribution in [-0.4, -0.2) is 62.2 Å². The fraction of sp³-hybridized carbons (Fsp3) is 0.370. The second kappa shape index (κ2) is 8.29. The van der Waals surface area contributed by atoms with Gasteiger partial charge in [0.25, 0.3) is 5.91 Å². The molecule has 1 fully saturated rings. The van der Waals surface area contributed by atoms with Crippen LogP contribution in [0.4, 0.5) is 10.6 Å². The van der Waals surface area contributed by atoms with Gasteiger partial charge in [-0.3, -0.25) is 14.4 Å². The zero-order chi connectivity index (χ0) is 25.0. The van der Waals surface area contributed by atoms with Crippen molar-refractivity contribution in [1.29, 1.82) is 0 Å². The van der Waals surface area contributed by atoms with Gasteiger partial charge in [0.1, 0.15) is 17.1 Å². The number of nitrogens with one attached hydrogen (secondary N) is 2. The van der Waals surface area contributed by atoms with Crippen LogP contribution in [0.15, 0.2) is 54.8 Å². The summed E-state index contributed by atoms with van der Waals surface area (Å²) in [6, 6.07) is 7.31. The van der Waals surface area contributed by atoms with Crippen molar-refractivity contribution in [2.24, 2.45) is 13.0 Å². The lowest BCUT2D eigenvalue weighted by Gasteiger charge is -2.45. The van der Waals surface area contributed by atoms with Gasteiger partial charge in [0.05, 0.1) is 13.2 Å². The highest BCUT2D eigenvalue weighted by Gasteiger charge is 2.60. The van der Waals surface area contributed by atoms with Gasteiger partial charge in [-0.1, -0.05) is 24.3 Å². The van der Waals surface area contributed by atoms with Gasteiger partial charge < -0.3 is 19.9 Å². The van der Waals surface area contributed by atoms with E-state index < -0.39 is 5.54 Å². The van der Waals surface area contributed by atoms with E-state index in [-0.39, 0.29) is 30.4 Å². The lowest BCUT2D eigenvalue weighted by molar-refractivity contribution is -0.133. The van der Waals surface area contributed by atoms with Crippen molar-refractivity contribution in [3.8, 4) is 5.75 Å². The Labute approximate surface area is 209 Å². The first-order chi connectivity index (χ1) is 17.4. The fourth-order valence-corrected chi connectivity index (χ4v) is 5.94. The second-order valence-electron chi connectivity index (χ2n) is 9.95. The third-order valence-electron chi connectivity index (χ3n) is 7.69. The van der Waals surface area contributed by atoms with Gasteiger partial charge in [-0.05, 0) is 37.1 Å². The maximum absolute atomic E-state index is 13.9. The number of amides is 3. The predicted octanol–water partition coefficient (Wildman–Crippen LogP) is 3.77. The van der Waals surface area contributed by atoms with Crippen LogP contribution in [0.1, 0.15) is 30.6 Å². The summed E-state index contributed by atoms with van der Waals surface area (Å²) < 4.78 is 7.20. The molecule has 3 atom stereocenters. The van der Waals surface area contributed by atoms with E-state index in [9.17, 15) is 9.59 Å². The first-order valence-corrected chi connectivity index (χ1v) is 12.3. The highest BCUT2D eigenvalue weighted by Crippen LogP contribution is 2.50. The number of rotatable bonds is 6. The van der Waals surface area contributed by atoms with E-state index in [2.05, 4.69) is 27.6 Å². The van der Waals surface area contributed by atoms with Crippen LogP contribution in [0.2, 0.25) is 0 Å². The molecule has 9 heteroatoms. The van der Waals surface area contributed by atoms with E-state index >= 15 is 0 Å². The number of allylic oxidation sites excluding steroid dienone is 3. The first kappa shape index (κ1) is 22.5. The Morgan fingerprint density at radius 2 is 2.11 bits per heavy atom. The summed E-state index contributed by atoms with van der Waals surface area (Å²) in [5.41, 5.74) is 2.12. The minimum atomic E-state index is -0.965. The zero-order valence-electron chi connectivity index (χ0n) is 20.7. The molecule has 0 radical (unpaired) electrons. The molecule has 2 N–H and O–H groups in total. The molecule has 9 nitrogen and oxygen atoms in total. The minimum Gasteiger partial charge on any atom is -0.497 e. The fourth-order valence-electron chi connectivity index (χ4n) is 5.94. The molecule has 2 aromatic heterocycles. The highest BCUT2D eigenvalue weighted by atomic mass is 16.5. The molecule has 3 aliphatic rings. The number of imide groups is 1. The van der Waals surface area contributed by atoms with E-state index in [1.165, 1.54) is 4.90 Å². The van der Waals surface area contributed by atoms with Gasteiger partial charge in [-0.15, -0.1) is 0 Å². The molecule has 36 heavy (non-hydrogen) atoms. The number of nitrogens with zero attached hydrogens (tertiary/aromatic N) is 4. The summed E-state index contributed by atoms with van der Waals surface area (Å²) in [7, 11) is 3.50. The van der Waals surface area contributed by atoms with Crippen molar-refractivity contribution >= 4 is 28.7 Å². The minimum absolute atomic E-state index is 0.0617. The van der Waals surface area contributed by atoms with Crippen LogP contribution in [-0.2, 0) is 18.3 Å². The summed E-state index contributed by atoms with van der Waals surface area (Å²) in [5, 5.41) is 8.57. The Morgan fingerprint density at radius 3 is 2.83 bits per heavy atom. The third kappa shape index (κ3) is 3.33. The predicted molar refractivity (Wildman–Crippen MR) is 137 cm³/mol. The van der Waals surface area contributed by atoms with Crippen LogP contribution >= 0.6 is 0 Å². The number of methoxy groups -OCH3 is 1. The standard InChI is InChI=1S/C27H30N6O3/c1-27-16-20-19-15-18(36-3)9-10-21(19)29-23(20)24(17-7-5-4-6-8-17)33(27)26(35)32(25(27)34)14-12-28-22-11-13-31(2)30-22/h4-7,9-11,13,15,17,24,29H,8,12,14,16H2,1-3H3,(H,28,30)/t17?,24-,27+/m1/s1. The number of benzene rings is 1. The molecule has 1 aliphatic carbocycles. The van der Waals surface area contributed by atoms with Gasteiger partial charge in [0.15, 0.2) is 0 Å². The first-order valence-electron chi connectivity index (χ1n) is 12.3. The van der Waals surface area contributed by atoms with Crippen molar-refractivity contribution < 1.29 is 14.3 Å². The van der Waals surface area contributed by atoms with Gasteiger partial charge in [-0.25, -0.2) is 4.79 Å². The number of urea groups is 1. The number of ether oxygens (including phenoxy) is 1. The van der Waals surface area contributed by atoms with Crippen molar-refractivity contribution in [3.05, 3.63) is 66.0 Å². The SMILES string of the molecule is COc1ccc2[nH]c3c(c2c1)C[C@@]1(C)C(=O)N(CCNc2ccn(C)n2)C(=O)N1[C@@H]3C1C=CC=CC1. The number of carbonyl (C=O) groups excluding carboxylic acids is 2. The van der Waals surface area contributed by atoms with Crippen LogP contribution in [0.3, 0.4) is 0 Å². The van der Waals surface area contributed by atoms with Crippen LogP contribution in [0, 0.1) is 5.92 Å². The second-order valence-corrected chi connectivity index (χ2v) is 9.95. The Kier molecular flexibility index (Phi) is 5.17. The lowest BCUT2D eigenvalue weighted by atomic mass is 9.78. The molecule has 3 aromatic rings. The molecule has 6 rings (SSSR count). The smallest absolute Gasteiger partial charge is 0.328 e. The molecule has 186 valence electrons. The van der Waals surface area contributed by atoms with Crippen molar-refractivity contribution in [2.45, 2.75) is 31.3 Å². The number of hydrogen-bond donors (Lipinski definition) is 2. The maximum Gasteiger partial charge on any atom is 0.328 e. The Balaban J connectivity index is 1.38. The van der Waals surface area contributed by atoms with Gasteiger partial charge in [0.2, 0.25) is 0 Å². The quantitative estimate of drug-likeness (QED) is 0.517. The topological polar surface area (TPSA) is 95.5 Å². The molecular weight excluding hydrogens is 456 g/mol. The summed E-state index contributed by atoms with van der Waals surface area (Å²) >= 11 is 0. The van der Waals surface area contributed by atoms with E-state index in [0.717, 1.165) is 34.3 Å². The summed E-state index contributed by atoms with van der Waals surface area (Å²) in [6.07, 6.45) is 11.4. The zero-order valence-corrected chi connectivity index (χ0v) is 20.7. The van der Waals surface area contributed by atoms with Gasteiger partial charge in [0, 0.05) is 61.3 Å². The number of hydrogen-bond acceptors (Lipinski definition) is 5. The molecule has 0 bridgehead atoms. The molecule has 3 amide bonds. The molecule has 0 saturated carbocycles. The summed E-state index contributed by atoms with van der Waals surface area (Å²) in [4.78, 5) is 34.6. The lowest BCUT2D eigenvalue weighted by Crippen LogP contribution is -2.54. The molecule has 2 aliphatic heterocycles. The van der Waals surface area contributed by atoms with Crippen LogP contribution in [0.25, 0.3) is 10.9 Å². The number of aromatic amines is 1. The Morgan fingerprint density at radius 1 is 1.25 bits per heavy atom. The Bertz CT molecular complexity index is 1420. The van der Waals surface area contributed by atoms with Crippen molar-refractivity contribution in [2.75, 3.05) is 25.5 Å².